The lowest BCUT2D eigenvalue weighted by Gasteiger charge is -2.02. The topological polar surface area (TPSA) is 35.8 Å². The van der Waals surface area contributed by atoms with Crippen LogP contribution in [0.1, 0.15) is 12.5 Å². The van der Waals surface area contributed by atoms with Gasteiger partial charge in [-0.1, -0.05) is 19.1 Å². The fraction of sp³-hybridized carbons (Fsp3) is 0.364. The molecule has 74 valence electrons. The van der Waals surface area contributed by atoms with Crippen molar-refractivity contribution in [3.8, 4) is 6.07 Å². The van der Waals surface area contributed by atoms with E-state index in [1.165, 1.54) is 5.56 Å². The summed E-state index contributed by atoms with van der Waals surface area (Å²) in [7, 11) is 0. The molecule has 0 spiro atoms. The summed E-state index contributed by atoms with van der Waals surface area (Å²) in [6, 6.07) is 10.4. The zero-order chi connectivity index (χ0) is 10.2. The molecule has 0 amide bonds. The van der Waals surface area contributed by atoms with E-state index < -0.39 is 0 Å². The van der Waals surface area contributed by atoms with E-state index >= 15 is 0 Å². The molecule has 0 radical (unpaired) electrons. The highest BCUT2D eigenvalue weighted by molar-refractivity contribution is 7.99. The van der Waals surface area contributed by atoms with Gasteiger partial charge in [0.05, 0.1) is 11.8 Å². The Morgan fingerprint density at radius 3 is 2.64 bits per heavy atom. The van der Waals surface area contributed by atoms with Gasteiger partial charge in [0.1, 0.15) is 0 Å². The Hall–Kier alpha value is -0.980. The average Bonchev–Trinajstić information content (AvgIpc) is 2.25. The van der Waals surface area contributed by atoms with E-state index in [9.17, 15) is 0 Å². The Morgan fingerprint density at radius 2 is 2.07 bits per heavy atom. The summed E-state index contributed by atoms with van der Waals surface area (Å²) in [4.78, 5) is 1.16. The summed E-state index contributed by atoms with van der Waals surface area (Å²) in [6.45, 7) is 4.00. The number of rotatable bonds is 5. The van der Waals surface area contributed by atoms with Gasteiger partial charge >= 0.3 is 0 Å². The van der Waals surface area contributed by atoms with Gasteiger partial charge in [-0.2, -0.15) is 5.26 Å². The van der Waals surface area contributed by atoms with Gasteiger partial charge in [-0.15, -0.1) is 11.8 Å². The lowest BCUT2D eigenvalue weighted by molar-refractivity contribution is 0.726. The molecule has 0 aromatic heterocycles. The van der Waals surface area contributed by atoms with Gasteiger partial charge in [-0.3, -0.25) is 0 Å². The standard InChI is InChI=1S/C11H14N2S/c1-2-13-9-10-3-5-11(6-4-10)14-8-7-12/h3-6,13H,2,8-9H2,1H3. The molecule has 1 aromatic carbocycles. The predicted octanol–water partition coefficient (Wildman–Crippen LogP) is 2.41. The Kier molecular flexibility index (Phi) is 5.13. The molecular formula is C11H14N2S. The average molecular weight is 206 g/mol. The normalized spacial score (nSPS) is 9.71. The first-order valence-electron chi connectivity index (χ1n) is 4.66. The van der Waals surface area contributed by atoms with Gasteiger partial charge in [0.2, 0.25) is 0 Å². The number of nitrogens with zero attached hydrogens (tertiary/aromatic N) is 1. The van der Waals surface area contributed by atoms with Crippen LogP contribution in [0.3, 0.4) is 0 Å². The minimum absolute atomic E-state index is 0.520. The monoisotopic (exact) mass is 206 g/mol. The Labute approximate surface area is 89.3 Å². The summed E-state index contributed by atoms with van der Waals surface area (Å²) in [5, 5.41) is 11.7. The largest absolute Gasteiger partial charge is 0.313 e. The lowest BCUT2D eigenvalue weighted by Crippen LogP contribution is -2.11. The second-order valence-corrected chi connectivity index (χ2v) is 3.92. The minimum Gasteiger partial charge on any atom is -0.313 e. The predicted molar refractivity (Wildman–Crippen MR) is 60.2 cm³/mol. The number of thioether (sulfide) groups is 1. The zero-order valence-corrected chi connectivity index (χ0v) is 9.10. The van der Waals surface area contributed by atoms with Crippen molar-refractivity contribution in [2.75, 3.05) is 12.3 Å². The summed E-state index contributed by atoms with van der Waals surface area (Å²) in [5.74, 6) is 0.520. The van der Waals surface area contributed by atoms with Crippen LogP contribution >= 0.6 is 11.8 Å². The van der Waals surface area contributed by atoms with E-state index in [1.807, 2.05) is 0 Å². The van der Waals surface area contributed by atoms with Gasteiger partial charge in [-0.05, 0) is 24.2 Å². The summed E-state index contributed by atoms with van der Waals surface area (Å²) in [6.07, 6.45) is 0. The number of benzene rings is 1. The lowest BCUT2D eigenvalue weighted by atomic mass is 10.2. The molecule has 1 aromatic rings. The van der Waals surface area contributed by atoms with Crippen molar-refractivity contribution in [2.45, 2.75) is 18.4 Å². The van der Waals surface area contributed by atoms with Crippen molar-refractivity contribution >= 4 is 11.8 Å². The molecule has 0 saturated carbocycles. The molecule has 1 N–H and O–H groups in total. The minimum atomic E-state index is 0.520. The summed E-state index contributed by atoms with van der Waals surface area (Å²) < 4.78 is 0. The first-order valence-corrected chi connectivity index (χ1v) is 5.64. The number of nitriles is 1. The van der Waals surface area contributed by atoms with E-state index in [1.54, 1.807) is 11.8 Å². The molecule has 0 bridgehead atoms. The van der Waals surface area contributed by atoms with Crippen LogP contribution in [0.5, 0.6) is 0 Å². The molecule has 2 nitrogen and oxygen atoms in total. The van der Waals surface area contributed by atoms with Gasteiger partial charge in [0, 0.05) is 11.4 Å². The molecular weight excluding hydrogens is 192 g/mol. The van der Waals surface area contributed by atoms with Crippen LogP contribution < -0.4 is 5.32 Å². The van der Waals surface area contributed by atoms with Crippen LogP contribution in [0.4, 0.5) is 0 Å². The van der Waals surface area contributed by atoms with E-state index in [0.29, 0.717) is 5.75 Å². The van der Waals surface area contributed by atoms with Gasteiger partial charge in [0.15, 0.2) is 0 Å². The molecule has 0 saturated heterocycles. The smallest absolute Gasteiger partial charge is 0.0855 e. The highest BCUT2D eigenvalue weighted by Crippen LogP contribution is 2.17. The molecule has 0 fully saturated rings. The quantitative estimate of drug-likeness (QED) is 0.751. The third-order valence-electron chi connectivity index (χ3n) is 1.81. The van der Waals surface area contributed by atoms with Crippen molar-refractivity contribution < 1.29 is 0 Å². The first kappa shape index (κ1) is 11.1. The SMILES string of the molecule is CCNCc1ccc(SCC#N)cc1. The third kappa shape index (κ3) is 3.82. The van der Waals surface area contributed by atoms with Gasteiger partial charge in [0.25, 0.3) is 0 Å². The molecule has 0 aliphatic heterocycles. The van der Waals surface area contributed by atoms with Crippen LogP contribution in [-0.2, 0) is 6.54 Å². The number of nitrogens with one attached hydrogen (secondary N) is 1. The Bertz CT molecular complexity index is 300. The van der Waals surface area contributed by atoms with Crippen LogP contribution in [0.15, 0.2) is 29.2 Å². The van der Waals surface area contributed by atoms with Crippen LogP contribution in [0.2, 0.25) is 0 Å². The second-order valence-electron chi connectivity index (χ2n) is 2.87. The van der Waals surface area contributed by atoms with Gasteiger partial charge < -0.3 is 5.32 Å². The fourth-order valence-corrected chi connectivity index (χ4v) is 1.65. The molecule has 0 atom stereocenters. The van der Waals surface area contributed by atoms with Crippen molar-refractivity contribution in [1.29, 1.82) is 5.26 Å². The van der Waals surface area contributed by atoms with Gasteiger partial charge in [-0.25, -0.2) is 0 Å². The van der Waals surface area contributed by atoms with E-state index in [0.717, 1.165) is 18.0 Å². The second kappa shape index (κ2) is 6.47. The number of hydrogen-bond donors (Lipinski definition) is 1. The maximum Gasteiger partial charge on any atom is 0.0855 e. The van der Waals surface area contributed by atoms with Crippen molar-refractivity contribution in [2.24, 2.45) is 0 Å². The maximum absolute atomic E-state index is 8.42. The van der Waals surface area contributed by atoms with Crippen molar-refractivity contribution in [1.82, 2.24) is 5.32 Å². The van der Waals surface area contributed by atoms with Crippen LogP contribution in [0.25, 0.3) is 0 Å². The fourth-order valence-electron chi connectivity index (χ4n) is 1.09. The van der Waals surface area contributed by atoms with Crippen LogP contribution in [0, 0.1) is 11.3 Å². The first-order chi connectivity index (χ1) is 6.86. The third-order valence-corrected chi connectivity index (χ3v) is 2.68. The van der Waals surface area contributed by atoms with E-state index in [4.69, 9.17) is 5.26 Å². The van der Waals surface area contributed by atoms with E-state index in [2.05, 4.69) is 42.6 Å². The molecule has 0 aliphatic rings. The van der Waals surface area contributed by atoms with Crippen LogP contribution in [-0.4, -0.2) is 12.3 Å². The Balaban J connectivity index is 2.47. The van der Waals surface area contributed by atoms with E-state index in [-0.39, 0.29) is 0 Å². The highest BCUT2D eigenvalue weighted by atomic mass is 32.2. The molecule has 14 heavy (non-hydrogen) atoms. The Morgan fingerprint density at radius 1 is 1.36 bits per heavy atom. The summed E-state index contributed by atoms with van der Waals surface area (Å²) in [5.41, 5.74) is 1.29. The molecule has 3 heteroatoms. The molecule has 0 aliphatic carbocycles. The summed E-state index contributed by atoms with van der Waals surface area (Å²) >= 11 is 1.57. The molecule has 0 unspecified atom stereocenters. The van der Waals surface area contributed by atoms with Crippen molar-refractivity contribution in [3.05, 3.63) is 29.8 Å². The maximum atomic E-state index is 8.42. The van der Waals surface area contributed by atoms with Crippen molar-refractivity contribution in [3.63, 3.8) is 0 Å². The molecule has 1 rings (SSSR count). The number of hydrogen-bond acceptors (Lipinski definition) is 3. The zero-order valence-electron chi connectivity index (χ0n) is 8.29. The molecule has 0 heterocycles. The highest BCUT2D eigenvalue weighted by Gasteiger charge is 1.94.